The molecule has 1 heterocycles. The number of hydrogen-bond donors (Lipinski definition) is 4. The molecule has 2 unspecified atom stereocenters. The number of nitrogens with zero attached hydrogens (tertiary/aromatic N) is 3. The molecule has 0 radical (unpaired) electrons. The molecule has 0 aliphatic rings. The van der Waals surface area contributed by atoms with Crippen LogP contribution in [0.2, 0.25) is 0 Å². The van der Waals surface area contributed by atoms with Crippen molar-refractivity contribution in [1.29, 1.82) is 5.41 Å². The summed E-state index contributed by atoms with van der Waals surface area (Å²) in [5.74, 6) is 0.395. The summed E-state index contributed by atoms with van der Waals surface area (Å²) in [4.78, 5) is 8.41. The average molecular weight is 295 g/mol. The molecular weight excluding hydrogens is 270 g/mol. The van der Waals surface area contributed by atoms with Gasteiger partial charge in [0, 0.05) is 12.3 Å². The van der Waals surface area contributed by atoms with Crippen molar-refractivity contribution in [1.82, 2.24) is 9.55 Å². The van der Waals surface area contributed by atoms with Crippen molar-refractivity contribution in [3.05, 3.63) is 12.0 Å². The van der Waals surface area contributed by atoms with Gasteiger partial charge in [-0.05, 0) is 25.7 Å². The number of aromatic nitrogens is 2. The van der Waals surface area contributed by atoms with Crippen LogP contribution in [0.4, 0.5) is 5.82 Å². The van der Waals surface area contributed by atoms with E-state index in [1.165, 1.54) is 0 Å². The summed E-state index contributed by atoms with van der Waals surface area (Å²) in [6, 6.07) is -0.0134. The molecule has 0 saturated carbocycles. The van der Waals surface area contributed by atoms with E-state index in [9.17, 15) is 5.11 Å². The maximum absolute atomic E-state index is 9.80. The maximum Gasteiger partial charge on any atom is 0.163 e. The Kier molecular flexibility index (Phi) is 6.04. The van der Waals surface area contributed by atoms with Gasteiger partial charge >= 0.3 is 0 Å². The number of rotatable bonds is 7. The van der Waals surface area contributed by atoms with Crippen molar-refractivity contribution in [3.8, 4) is 0 Å². The van der Waals surface area contributed by atoms with Crippen LogP contribution in [0.25, 0.3) is 0 Å². The minimum absolute atomic E-state index is 0.0134. The van der Waals surface area contributed by atoms with Crippen LogP contribution in [0, 0.1) is 17.2 Å². The second-order valence-electron chi connectivity index (χ2n) is 5.33. The highest BCUT2D eigenvalue weighted by Gasteiger charge is 2.27. The topological polar surface area (TPSA) is 121 Å². The Morgan fingerprint density at radius 1 is 1.48 bits per heavy atom. The summed E-state index contributed by atoms with van der Waals surface area (Å²) < 4.78 is 1.85. The van der Waals surface area contributed by atoms with Crippen LogP contribution < -0.4 is 5.73 Å². The van der Waals surface area contributed by atoms with Crippen LogP contribution in [0.15, 0.2) is 11.3 Å². The van der Waals surface area contributed by atoms with Gasteiger partial charge in [-0.1, -0.05) is 13.8 Å². The van der Waals surface area contributed by atoms with Crippen molar-refractivity contribution >= 4 is 17.9 Å². The monoisotopic (exact) mass is 295 g/mol. The van der Waals surface area contributed by atoms with Gasteiger partial charge in [-0.25, -0.2) is 9.98 Å². The molecule has 0 aliphatic carbocycles. The van der Waals surface area contributed by atoms with Crippen LogP contribution in [-0.2, 0) is 0 Å². The number of nitrogen functional groups attached to an aromatic ring is 1. The number of hydrogen-bond acceptors (Lipinski definition) is 5. The van der Waals surface area contributed by atoms with Crippen molar-refractivity contribution in [2.45, 2.75) is 39.8 Å². The zero-order valence-electron chi connectivity index (χ0n) is 13.0. The lowest BCUT2D eigenvalue weighted by atomic mass is 9.86. The lowest BCUT2D eigenvalue weighted by Gasteiger charge is -2.30. The van der Waals surface area contributed by atoms with E-state index < -0.39 is 6.10 Å². The van der Waals surface area contributed by atoms with Gasteiger partial charge in [0.1, 0.15) is 11.5 Å². The first-order valence-corrected chi connectivity index (χ1v) is 7.03. The molecule has 5 N–H and O–H groups in total. The highest BCUT2D eigenvalue weighted by Crippen LogP contribution is 2.31. The summed E-state index contributed by atoms with van der Waals surface area (Å²) in [5, 5.41) is 26.4. The lowest BCUT2D eigenvalue weighted by Crippen LogP contribution is -2.31. The summed E-state index contributed by atoms with van der Waals surface area (Å²) in [7, 11) is 0. The van der Waals surface area contributed by atoms with Gasteiger partial charge in [0.05, 0.1) is 19.0 Å². The van der Waals surface area contributed by atoms with Gasteiger partial charge < -0.3 is 20.5 Å². The largest absolute Gasteiger partial charge is 0.394 e. The Morgan fingerprint density at radius 2 is 2.10 bits per heavy atom. The molecule has 0 saturated heterocycles. The predicted molar refractivity (Wildman–Crippen MR) is 83.2 cm³/mol. The molecule has 21 heavy (non-hydrogen) atoms. The van der Waals surface area contributed by atoms with Gasteiger partial charge in [-0.2, -0.15) is 0 Å². The van der Waals surface area contributed by atoms with E-state index in [1.807, 2.05) is 25.3 Å². The molecule has 0 bridgehead atoms. The van der Waals surface area contributed by atoms with E-state index in [0.717, 1.165) is 0 Å². The first-order chi connectivity index (χ1) is 9.84. The second-order valence-corrected chi connectivity index (χ2v) is 5.33. The second kappa shape index (κ2) is 7.33. The fourth-order valence-electron chi connectivity index (χ4n) is 2.30. The van der Waals surface area contributed by atoms with E-state index in [1.54, 1.807) is 19.5 Å². The molecule has 0 spiro atoms. The number of aliphatic hydroxyl groups excluding tert-OH is 2. The third-order valence-corrected chi connectivity index (χ3v) is 4.10. The van der Waals surface area contributed by atoms with Crippen molar-refractivity contribution in [2.75, 3.05) is 6.61 Å². The van der Waals surface area contributed by atoms with Crippen molar-refractivity contribution in [2.24, 2.45) is 22.6 Å². The van der Waals surface area contributed by atoms with E-state index in [0.29, 0.717) is 11.5 Å². The third kappa shape index (κ3) is 3.68. The SMILES string of the molecule is C/C=N\c1c(C(=N)N)ncn1C(C)[C@@H](C)[C@@H](C)C(O)CO. The smallest absolute Gasteiger partial charge is 0.163 e. The van der Waals surface area contributed by atoms with Gasteiger partial charge in [-0.3, -0.25) is 5.41 Å². The standard InChI is InChI=1S/C14H25N5O2/c1-5-17-14-12(13(15)16)18-7-19(14)10(4)8(2)9(3)11(21)6-20/h5,7-11,20-21H,6H2,1-4H3,(H3,15,16)/b17-5-/t8-,9+,10?,11?/m0/s1. The van der Waals surface area contributed by atoms with Crippen molar-refractivity contribution in [3.63, 3.8) is 0 Å². The highest BCUT2D eigenvalue weighted by molar-refractivity contribution is 5.97. The Balaban J connectivity index is 3.12. The average Bonchev–Trinajstić information content (AvgIpc) is 2.88. The highest BCUT2D eigenvalue weighted by atomic mass is 16.3. The minimum atomic E-state index is -0.767. The first-order valence-electron chi connectivity index (χ1n) is 7.03. The summed E-state index contributed by atoms with van der Waals surface area (Å²) in [6.45, 7) is 7.41. The Morgan fingerprint density at radius 3 is 2.57 bits per heavy atom. The third-order valence-electron chi connectivity index (χ3n) is 4.10. The molecule has 1 aromatic heterocycles. The number of aliphatic imine (C=N–C) groups is 1. The van der Waals surface area contributed by atoms with Crippen LogP contribution in [0.1, 0.15) is 39.4 Å². The molecule has 0 fully saturated rings. The molecule has 118 valence electrons. The Labute approximate surface area is 125 Å². The minimum Gasteiger partial charge on any atom is -0.394 e. The summed E-state index contributed by atoms with van der Waals surface area (Å²) in [5.41, 5.74) is 5.87. The zero-order valence-corrected chi connectivity index (χ0v) is 13.0. The Bertz CT molecular complexity index is 511. The maximum atomic E-state index is 9.80. The molecule has 1 rings (SSSR count). The normalized spacial score (nSPS) is 17.6. The number of nitrogens with one attached hydrogen (secondary N) is 1. The zero-order chi connectivity index (χ0) is 16.2. The van der Waals surface area contributed by atoms with Crippen LogP contribution in [-0.4, -0.2) is 44.5 Å². The molecular formula is C14H25N5O2. The first kappa shape index (κ1) is 17.3. The summed E-state index contributed by atoms with van der Waals surface area (Å²) >= 11 is 0. The van der Waals surface area contributed by atoms with E-state index in [4.69, 9.17) is 16.2 Å². The van der Waals surface area contributed by atoms with Crippen LogP contribution >= 0.6 is 0 Å². The Hall–Kier alpha value is -1.73. The number of aliphatic hydroxyl groups is 2. The fourth-order valence-corrected chi connectivity index (χ4v) is 2.30. The van der Waals surface area contributed by atoms with Gasteiger partial charge in [0.2, 0.25) is 0 Å². The number of nitrogens with two attached hydrogens (primary N) is 1. The quantitative estimate of drug-likeness (QED) is 0.444. The van der Waals surface area contributed by atoms with Crippen LogP contribution in [0.5, 0.6) is 0 Å². The van der Waals surface area contributed by atoms with Gasteiger partial charge in [0.15, 0.2) is 5.82 Å². The van der Waals surface area contributed by atoms with Gasteiger partial charge in [-0.15, -0.1) is 0 Å². The van der Waals surface area contributed by atoms with E-state index in [-0.39, 0.29) is 30.3 Å². The predicted octanol–water partition coefficient (Wildman–Crippen LogP) is 1.08. The van der Waals surface area contributed by atoms with E-state index >= 15 is 0 Å². The molecule has 4 atom stereocenters. The molecule has 7 heteroatoms. The molecule has 7 nitrogen and oxygen atoms in total. The number of amidine groups is 1. The van der Waals surface area contributed by atoms with Crippen LogP contribution in [0.3, 0.4) is 0 Å². The summed E-state index contributed by atoms with van der Waals surface area (Å²) in [6.07, 6.45) is 2.47. The van der Waals surface area contributed by atoms with Crippen molar-refractivity contribution < 1.29 is 10.2 Å². The molecule has 1 aromatic rings. The van der Waals surface area contributed by atoms with E-state index in [2.05, 4.69) is 9.98 Å². The fraction of sp³-hybridized carbons (Fsp3) is 0.643. The molecule has 0 aromatic carbocycles. The van der Waals surface area contributed by atoms with Gasteiger partial charge in [0.25, 0.3) is 0 Å². The molecule has 0 aliphatic heterocycles. The number of imidazole rings is 1. The lowest BCUT2D eigenvalue weighted by molar-refractivity contribution is 0.0245. The molecule has 0 amide bonds.